The summed E-state index contributed by atoms with van der Waals surface area (Å²) in [5.41, 5.74) is -1.18. The van der Waals surface area contributed by atoms with Crippen molar-refractivity contribution in [2.45, 2.75) is 55.9 Å². The number of ether oxygens (including phenoxy) is 1. The molecule has 2 fully saturated rings. The van der Waals surface area contributed by atoms with Gasteiger partial charge in [0.25, 0.3) is 0 Å². The normalized spacial score (nSPS) is 28.0. The molecular formula is C14H24N2O4S. The van der Waals surface area contributed by atoms with Gasteiger partial charge in [-0.1, -0.05) is 6.92 Å². The molecule has 0 bridgehead atoms. The number of hydrogen-bond donors (Lipinski definition) is 3. The highest BCUT2D eigenvalue weighted by atomic mass is 32.2. The van der Waals surface area contributed by atoms with Gasteiger partial charge in [-0.3, -0.25) is 0 Å². The maximum absolute atomic E-state index is 12.1. The van der Waals surface area contributed by atoms with Gasteiger partial charge in [0.05, 0.1) is 0 Å². The number of aliphatic carboxylic acids is 1. The van der Waals surface area contributed by atoms with Crippen molar-refractivity contribution >= 4 is 23.8 Å². The van der Waals surface area contributed by atoms with Crippen molar-refractivity contribution in [1.82, 2.24) is 10.6 Å². The van der Waals surface area contributed by atoms with Crippen LogP contribution in [0.3, 0.4) is 0 Å². The average molecular weight is 316 g/mol. The Morgan fingerprint density at radius 2 is 2.05 bits per heavy atom. The number of carboxylic acid groups (broad SMARTS) is 1. The number of carbonyl (C=O) groups excluding carboxylic acids is 1. The van der Waals surface area contributed by atoms with Crippen LogP contribution in [0.5, 0.6) is 0 Å². The van der Waals surface area contributed by atoms with E-state index in [-0.39, 0.29) is 12.1 Å². The third kappa shape index (κ3) is 4.26. The van der Waals surface area contributed by atoms with Gasteiger partial charge in [-0.15, -0.1) is 0 Å². The zero-order chi connectivity index (χ0) is 15.3. The second-order valence-electron chi connectivity index (χ2n) is 5.69. The lowest BCUT2D eigenvalue weighted by Crippen LogP contribution is -2.60. The minimum atomic E-state index is -1.18. The van der Waals surface area contributed by atoms with E-state index in [1.165, 1.54) is 0 Å². The van der Waals surface area contributed by atoms with E-state index in [0.717, 1.165) is 25.0 Å². The Labute approximate surface area is 129 Å². The second kappa shape index (κ2) is 7.35. The predicted molar refractivity (Wildman–Crippen MR) is 81.6 cm³/mol. The van der Waals surface area contributed by atoms with E-state index < -0.39 is 11.5 Å². The molecule has 7 heteroatoms. The molecule has 0 radical (unpaired) electrons. The predicted octanol–water partition coefficient (Wildman–Crippen LogP) is 1.59. The number of carbonyl (C=O) groups is 2. The number of thioether (sulfide) groups is 1. The Bertz CT molecular complexity index is 385. The molecule has 1 heterocycles. The van der Waals surface area contributed by atoms with E-state index in [1.54, 1.807) is 0 Å². The molecule has 120 valence electrons. The topological polar surface area (TPSA) is 87.7 Å². The number of amides is 2. The molecule has 1 aliphatic carbocycles. The minimum Gasteiger partial charge on any atom is -0.480 e. The van der Waals surface area contributed by atoms with Gasteiger partial charge < -0.3 is 20.5 Å². The summed E-state index contributed by atoms with van der Waals surface area (Å²) < 4.78 is 5.19. The van der Waals surface area contributed by atoms with E-state index in [1.807, 2.05) is 11.8 Å². The van der Waals surface area contributed by atoms with Crippen LogP contribution in [-0.4, -0.2) is 52.9 Å². The van der Waals surface area contributed by atoms with Crippen LogP contribution in [0, 0.1) is 0 Å². The van der Waals surface area contributed by atoms with Crippen LogP contribution < -0.4 is 10.6 Å². The fraction of sp³-hybridized carbons (Fsp3) is 0.857. The lowest BCUT2D eigenvalue weighted by molar-refractivity contribution is -0.148. The lowest BCUT2D eigenvalue weighted by Gasteiger charge is -2.34. The standard InChI is InChI=1S/C14H24N2O4S/c1-2-21-11-4-3-10(9-11)15-13(19)16-14(12(17)18)5-7-20-8-6-14/h10-11H,2-9H2,1H3,(H,17,18)(H2,15,16,19). The monoisotopic (exact) mass is 316 g/mol. The van der Waals surface area contributed by atoms with Gasteiger partial charge in [-0.25, -0.2) is 9.59 Å². The Morgan fingerprint density at radius 1 is 1.33 bits per heavy atom. The smallest absolute Gasteiger partial charge is 0.329 e. The van der Waals surface area contributed by atoms with Gasteiger partial charge >= 0.3 is 12.0 Å². The van der Waals surface area contributed by atoms with Crippen LogP contribution in [0.25, 0.3) is 0 Å². The highest BCUT2D eigenvalue weighted by Crippen LogP contribution is 2.29. The van der Waals surface area contributed by atoms with Crippen LogP contribution in [0.2, 0.25) is 0 Å². The third-order valence-corrected chi connectivity index (χ3v) is 5.46. The Kier molecular flexibility index (Phi) is 5.75. The lowest BCUT2D eigenvalue weighted by atomic mass is 9.90. The molecule has 0 aromatic heterocycles. The fourth-order valence-corrected chi connectivity index (χ4v) is 4.15. The first kappa shape index (κ1) is 16.4. The highest BCUT2D eigenvalue weighted by Gasteiger charge is 2.42. The Hall–Kier alpha value is -0.950. The first-order valence-electron chi connectivity index (χ1n) is 7.57. The minimum absolute atomic E-state index is 0.153. The van der Waals surface area contributed by atoms with Crippen LogP contribution in [0.4, 0.5) is 4.79 Å². The van der Waals surface area contributed by atoms with Crippen LogP contribution >= 0.6 is 11.8 Å². The van der Waals surface area contributed by atoms with E-state index in [0.29, 0.717) is 31.3 Å². The average Bonchev–Trinajstić information content (AvgIpc) is 2.87. The summed E-state index contributed by atoms with van der Waals surface area (Å²) in [4.78, 5) is 23.6. The molecule has 1 saturated carbocycles. The zero-order valence-electron chi connectivity index (χ0n) is 12.4. The first-order valence-corrected chi connectivity index (χ1v) is 8.62. The first-order chi connectivity index (χ1) is 10.1. The van der Waals surface area contributed by atoms with Gasteiger partial charge in [0.1, 0.15) is 5.54 Å². The van der Waals surface area contributed by atoms with Gasteiger partial charge in [0.15, 0.2) is 0 Å². The summed E-state index contributed by atoms with van der Waals surface area (Å²) >= 11 is 1.93. The summed E-state index contributed by atoms with van der Waals surface area (Å²) in [6, 6.07) is -0.216. The molecule has 2 atom stereocenters. The molecular weight excluding hydrogens is 292 g/mol. The molecule has 1 aliphatic heterocycles. The van der Waals surface area contributed by atoms with E-state index >= 15 is 0 Å². The van der Waals surface area contributed by atoms with Gasteiger partial charge in [-0.2, -0.15) is 11.8 Å². The van der Waals surface area contributed by atoms with Crippen molar-refractivity contribution < 1.29 is 19.4 Å². The third-order valence-electron chi connectivity index (χ3n) is 4.23. The van der Waals surface area contributed by atoms with Crippen molar-refractivity contribution in [3.05, 3.63) is 0 Å². The van der Waals surface area contributed by atoms with Gasteiger partial charge in [0, 0.05) is 37.3 Å². The summed E-state index contributed by atoms with van der Waals surface area (Å²) in [6.07, 6.45) is 3.67. The quantitative estimate of drug-likeness (QED) is 0.717. The molecule has 0 aromatic rings. The molecule has 0 spiro atoms. The van der Waals surface area contributed by atoms with Gasteiger partial charge in [0.2, 0.25) is 0 Å². The maximum Gasteiger partial charge on any atom is 0.329 e. The fourth-order valence-electron chi connectivity index (χ4n) is 3.01. The number of nitrogens with one attached hydrogen (secondary N) is 2. The van der Waals surface area contributed by atoms with E-state index in [9.17, 15) is 14.7 Å². The molecule has 2 aliphatic rings. The van der Waals surface area contributed by atoms with Crippen LogP contribution in [0.1, 0.15) is 39.0 Å². The summed E-state index contributed by atoms with van der Waals surface area (Å²) in [5.74, 6) is 0.109. The molecule has 1 saturated heterocycles. The molecule has 2 unspecified atom stereocenters. The Balaban J connectivity index is 1.84. The molecule has 21 heavy (non-hydrogen) atoms. The van der Waals surface area contributed by atoms with E-state index in [2.05, 4.69) is 17.6 Å². The zero-order valence-corrected chi connectivity index (χ0v) is 13.2. The van der Waals surface area contributed by atoms with Crippen molar-refractivity contribution in [2.75, 3.05) is 19.0 Å². The Morgan fingerprint density at radius 3 is 2.67 bits per heavy atom. The maximum atomic E-state index is 12.1. The number of rotatable bonds is 5. The largest absolute Gasteiger partial charge is 0.480 e. The van der Waals surface area contributed by atoms with Crippen molar-refractivity contribution in [3.63, 3.8) is 0 Å². The molecule has 3 N–H and O–H groups in total. The van der Waals surface area contributed by atoms with Crippen molar-refractivity contribution in [2.24, 2.45) is 0 Å². The highest BCUT2D eigenvalue weighted by molar-refractivity contribution is 7.99. The van der Waals surface area contributed by atoms with Crippen molar-refractivity contribution in [1.29, 1.82) is 0 Å². The van der Waals surface area contributed by atoms with Gasteiger partial charge in [-0.05, 0) is 25.0 Å². The SMILES string of the molecule is CCSC1CCC(NC(=O)NC2(C(=O)O)CCOCC2)C1. The number of carboxylic acids is 1. The molecule has 6 nitrogen and oxygen atoms in total. The number of urea groups is 1. The summed E-state index contributed by atoms with van der Waals surface area (Å²) in [5, 5.41) is 15.6. The number of hydrogen-bond acceptors (Lipinski definition) is 4. The molecule has 2 rings (SSSR count). The van der Waals surface area contributed by atoms with Crippen LogP contribution in [-0.2, 0) is 9.53 Å². The summed E-state index contributed by atoms with van der Waals surface area (Å²) in [7, 11) is 0. The van der Waals surface area contributed by atoms with E-state index in [4.69, 9.17) is 4.74 Å². The van der Waals surface area contributed by atoms with Crippen LogP contribution in [0.15, 0.2) is 0 Å². The van der Waals surface area contributed by atoms with Crippen molar-refractivity contribution in [3.8, 4) is 0 Å². The summed E-state index contributed by atoms with van der Waals surface area (Å²) in [6.45, 7) is 2.87. The molecule has 0 aromatic carbocycles. The second-order valence-corrected chi connectivity index (χ2v) is 7.26. The molecule has 2 amide bonds.